The molecule has 3 nitrogen and oxygen atoms in total. The van der Waals surface area contributed by atoms with E-state index >= 15 is 0 Å². The Morgan fingerprint density at radius 1 is 1.15 bits per heavy atom. The lowest BCUT2D eigenvalue weighted by atomic mass is 9.63. The summed E-state index contributed by atoms with van der Waals surface area (Å²) >= 11 is 0. The van der Waals surface area contributed by atoms with Crippen LogP contribution < -0.4 is 0 Å². The second-order valence-corrected chi connectivity index (χ2v) is 8.13. The Hall–Kier alpha value is -0.570. The van der Waals surface area contributed by atoms with Crippen LogP contribution in [0.1, 0.15) is 52.9 Å². The van der Waals surface area contributed by atoms with Gasteiger partial charge in [-0.15, -0.1) is 0 Å². The third-order valence-corrected chi connectivity index (χ3v) is 6.74. The summed E-state index contributed by atoms with van der Waals surface area (Å²) in [7, 11) is 0. The molecule has 3 aliphatic rings. The molecule has 1 aliphatic carbocycles. The van der Waals surface area contributed by atoms with E-state index in [4.69, 9.17) is 0 Å². The molecule has 0 N–H and O–H groups in total. The van der Waals surface area contributed by atoms with Crippen LogP contribution in [0.4, 0.5) is 0 Å². The van der Waals surface area contributed by atoms with Gasteiger partial charge in [0.15, 0.2) is 0 Å². The molecule has 0 radical (unpaired) electrons. The zero-order valence-electron chi connectivity index (χ0n) is 13.5. The average Bonchev–Trinajstić information content (AvgIpc) is 2.56. The molecule has 2 saturated heterocycles. The largest absolute Gasteiger partial charge is 0.342 e. The van der Waals surface area contributed by atoms with Crippen molar-refractivity contribution in [1.82, 2.24) is 9.80 Å². The average molecular weight is 278 g/mol. The van der Waals surface area contributed by atoms with Crippen molar-refractivity contribution < 1.29 is 4.79 Å². The summed E-state index contributed by atoms with van der Waals surface area (Å²) in [6.45, 7) is 12.2. The van der Waals surface area contributed by atoms with Gasteiger partial charge in [-0.3, -0.25) is 9.69 Å². The number of rotatable bonds is 2. The molecule has 2 heterocycles. The topological polar surface area (TPSA) is 23.6 Å². The Morgan fingerprint density at radius 3 is 2.50 bits per heavy atom. The van der Waals surface area contributed by atoms with Crippen molar-refractivity contribution in [2.24, 2.45) is 16.7 Å². The Morgan fingerprint density at radius 2 is 1.85 bits per heavy atom. The van der Waals surface area contributed by atoms with E-state index in [0.717, 1.165) is 32.1 Å². The van der Waals surface area contributed by atoms with Gasteiger partial charge < -0.3 is 4.90 Å². The summed E-state index contributed by atoms with van der Waals surface area (Å²) in [5.41, 5.74) is 0.843. The molecule has 3 fully saturated rings. The normalized spacial score (nSPS) is 37.1. The lowest BCUT2D eigenvalue weighted by Crippen LogP contribution is -2.54. The highest BCUT2D eigenvalue weighted by Crippen LogP contribution is 2.58. The molecule has 0 aromatic carbocycles. The molecule has 0 aromatic heterocycles. The first-order valence-electron chi connectivity index (χ1n) is 8.42. The summed E-state index contributed by atoms with van der Waals surface area (Å²) < 4.78 is 0. The molecule has 0 spiro atoms. The number of carbonyl (C=O) groups is 1. The zero-order valence-corrected chi connectivity index (χ0v) is 13.5. The van der Waals surface area contributed by atoms with Crippen LogP contribution in [-0.4, -0.2) is 48.4 Å². The van der Waals surface area contributed by atoms with Gasteiger partial charge in [-0.1, -0.05) is 20.8 Å². The molecule has 1 amide bonds. The first-order valence-corrected chi connectivity index (χ1v) is 8.42. The minimum Gasteiger partial charge on any atom is -0.342 e. The van der Waals surface area contributed by atoms with Crippen LogP contribution in [0.5, 0.6) is 0 Å². The summed E-state index contributed by atoms with van der Waals surface area (Å²) in [6, 6.07) is 0. The molecular formula is C17H30N2O. The highest BCUT2D eigenvalue weighted by molar-refractivity contribution is 5.78. The summed E-state index contributed by atoms with van der Waals surface area (Å²) in [6.07, 6.45) is 6.36. The Labute approximate surface area is 123 Å². The number of hydrogen-bond acceptors (Lipinski definition) is 2. The van der Waals surface area contributed by atoms with E-state index in [-0.39, 0.29) is 0 Å². The van der Waals surface area contributed by atoms with Crippen LogP contribution >= 0.6 is 0 Å². The smallest absolute Gasteiger partial charge is 0.236 e. The molecule has 114 valence electrons. The van der Waals surface area contributed by atoms with Gasteiger partial charge in [0.25, 0.3) is 0 Å². The minimum atomic E-state index is 0.368. The van der Waals surface area contributed by atoms with E-state index in [1.165, 1.54) is 32.1 Å². The van der Waals surface area contributed by atoms with Crippen LogP contribution in [-0.2, 0) is 4.79 Å². The second-order valence-electron chi connectivity index (χ2n) is 8.13. The molecule has 2 atom stereocenters. The third kappa shape index (κ3) is 2.28. The number of piperidine rings is 2. The third-order valence-electron chi connectivity index (χ3n) is 6.74. The Kier molecular flexibility index (Phi) is 3.60. The molecule has 2 aliphatic heterocycles. The fourth-order valence-electron chi connectivity index (χ4n) is 4.70. The van der Waals surface area contributed by atoms with Crippen molar-refractivity contribution in [3.63, 3.8) is 0 Å². The molecule has 2 bridgehead atoms. The van der Waals surface area contributed by atoms with Gasteiger partial charge in [0.05, 0.1) is 6.54 Å². The summed E-state index contributed by atoms with van der Waals surface area (Å²) in [5, 5.41) is 0. The van der Waals surface area contributed by atoms with Crippen molar-refractivity contribution in [2.75, 3.05) is 32.7 Å². The van der Waals surface area contributed by atoms with E-state index in [9.17, 15) is 4.79 Å². The van der Waals surface area contributed by atoms with Crippen molar-refractivity contribution >= 4 is 5.91 Å². The number of likely N-dealkylation sites (tertiary alicyclic amines) is 2. The number of nitrogens with zero attached hydrogens (tertiary/aromatic N) is 2. The predicted molar refractivity (Wildman–Crippen MR) is 81.5 cm³/mol. The van der Waals surface area contributed by atoms with Crippen LogP contribution in [0.15, 0.2) is 0 Å². The van der Waals surface area contributed by atoms with Crippen molar-refractivity contribution in [1.29, 1.82) is 0 Å². The maximum Gasteiger partial charge on any atom is 0.236 e. The van der Waals surface area contributed by atoms with Gasteiger partial charge in [-0.05, 0) is 48.9 Å². The van der Waals surface area contributed by atoms with Crippen LogP contribution in [0, 0.1) is 16.7 Å². The molecule has 3 rings (SSSR count). The van der Waals surface area contributed by atoms with Gasteiger partial charge in [0.1, 0.15) is 0 Å². The molecule has 1 saturated carbocycles. The summed E-state index contributed by atoms with van der Waals surface area (Å²) in [4.78, 5) is 17.0. The van der Waals surface area contributed by atoms with Crippen LogP contribution in [0.2, 0.25) is 0 Å². The number of hydrogen-bond donors (Lipinski definition) is 0. The van der Waals surface area contributed by atoms with Crippen LogP contribution in [0.3, 0.4) is 0 Å². The van der Waals surface area contributed by atoms with Gasteiger partial charge in [-0.2, -0.15) is 0 Å². The van der Waals surface area contributed by atoms with Gasteiger partial charge in [0.2, 0.25) is 5.91 Å². The Bertz CT molecular complexity index is 386. The lowest BCUT2D eigenvalue weighted by Gasteiger charge is -2.50. The number of carbonyl (C=O) groups excluding carboxylic acids is 1. The van der Waals surface area contributed by atoms with E-state index in [1.54, 1.807) is 0 Å². The maximum absolute atomic E-state index is 12.5. The fraction of sp³-hybridized carbons (Fsp3) is 0.941. The molecule has 0 aromatic rings. The van der Waals surface area contributed by atoms with Crippen molar-refractivity contribution in [3.05, 3.63) is 0 Å². The lowest BCUT2D eigenvalue weighted by molar-refractivity contribution is -0.135. The highest BCUT2D eigenvalue weighted by atomic mass is 16.2. The number of amides is 1. The van der Waals surface area contributed by atoms with Gasteiger partial charge in [-0.25, -0.2) is 0 Å². The quantitative estimate of drug-likeness (QED) is 0.775. The first kappa shape index (κ1) is 14.4. The zero-order chi connectivity index (χ0) is 14.4. The van der Waals surface area contributed by atoms with Gasteiger partial charge in [0, 0.05) is 26.2 Å². The maximum atomic E-state index is 12.5. The molecule has 2 unspecified atom stereocenters. The summed E-state index contributed by atoms with van der Waals surface area (Å²) in [5.74, 6) is 1.14. The monoisotopic (exact) mass is 278 g/mol. The van der Waals surface area contributed by atoms with E-state index < -0.39 is 0 Å². The predicted octanol–water partition coefficient (Wildman–Crippen LogP) is 2.76. The second kappa shape index (κ2) is 5.01. The van der Waals surface area contributed by atoms with E-state index in [2.05, 4.69) is 30.6 Å². The van der Waals surface area contributed by atoms with E-state index in [0.29, 0.717) is 23.3 Å². The molecule has 3 heteroatoms. The SMILES string of the molecule is CC12CCC(CN(CC(=O)N3CCCCC3)C1)C2(C)C. The standard InChI is InChI=1S/C17H30N2O/c1-16(2)14-7-8-17(16,3)13-18(11-14)12-15(20)19-9-5-4-6-10-19/h14H,4-13H2,1-3H3. The van der Waals surface area contributed by atoms with E-state index in [1.807, 2.05) is 0 Å². The fourth-order valence-corrected chi connectivity index (χ4v) is 4.70. The van der Waals surface area contributed by atoms with Crippen molar-refractivity contribution in [3.8, 4) is 0 Å². The molecule has 20 heavy (non-hydrogen) atoms. The number of fused-ring (bicyclic) bond motifs is 2. The first-order chi connectivity index (χ1) is 9.42. The highest BCUT2D eigenvalue weighted by Gasteiger charge is 2.55. The van der Waals surface area contributed by atoms with Gasteiger partial charge >= 0.3 is 0 Å². The van der Waals surface area contributed by atoms with Crippen LogP contribution in [0.25, 0.3) is 0 Å². The minimum absolute atomic E-state index is 0.368. The Balaban J connectivity index is 1.61. The van der Waals surface area contributed by atoms with Crippen molar-refractivity contribution in [2.45, 2.75) is 52.9 Å². The molecular weight excluding hydrogens is 248 g/mol.